The SMILES string of the molecule is CC1CCCC(NC(=O)c2sc3cccc(Br)c3c2N)C1. The van der Waals surface area contributed by atoms with Crippen LogP contribution < -0.4 is 11.1 Å². The van der Waals surface area contributed by atoms with Gasteiger partial charge in [0.2, 0.25) is 0 Å². The molecule has 1 aliphatic carbocycles. The number of thiophene rings is 1. The summed E-state index contributed by atoms with van der Waals surface area (Å²) < 4.78 is 1.99. The fourth-order valence-corrected chi connectivity index (χ4v) is 4.88. The fraction of sp³-hybridized carbons (Fsp3) is 0.438. The summed E-state index contributed by atoms with van der Waals surface area (Å²) in [5.41, 5.74) is 6.78. The lowest BCUT2D eigenvalue weighted by Crippen LogP contribution is -2.37. The van der Waals surface area contributed by atoms with Crippen LogP contribution in [0.25, 0.3) is 10.1 Å². The van der Waals surface area contributed by atoms with E-state index in [0.29, 0.717) is 16.5 Å². The minimum atomic E-state index is -0.0281. The van der Waals surface area contributed by atoms with E-state index in [9.17, 15) is 4.79 Å². The van der Waals surface area contributed by atoms with Crippen molar-refractivity contribution in [2.75, 3.05) is 5.73 Å². The average molecular weight is 367 g/mol. The fourth-order valence-electron chi connectivity index (χ4n) is 3.11. The van der Waals surface area contributed by atoms with Gasteiger partial charge in [-0.2, -0.15) is 0 Å². The molecular weight excluding hydrogens is 348 g/mol. The van der Waals surface area contributed by atoms with E-state index in [0.717, 1.165) is 27.4 Å². The number of hydrogen-bond donors (Lipinski definition) is 2. The quantitative estimate of drug-likeness (QED) is 0.818. The summed E-state index contributed by atoms with van der Waals surface area (Å²) >= 11 is 4.98. The Kier molecular flexibility index (Phi) is 4.22. The number of halogens is 1. The van der Waals surface area contributed by atoms with Crippen molar-refractivity contribution in [3.63, 3.8) is 0 Å². The Morgan fingerprint density at radius 3 is 2.95 bits per heavy atom. The van der Waals surface area contributed by atoms with Crippen LogP contribution in [0, 0.1) is 5.92 Å². The van der Waals surface area contributed by atoms with Crippen molar-refractivity contribution < 1.29 is 4.79 Å². The molecule has 21 heavy (non-hydrogen) atoms. The first-order chi connectivity index (χ1) is 10.1. The molecule has 2 atom stereocenters. The molecule has 3 N–H and O–H groups in total. The van der Waals surface area contributed by atoms with Crippen LogP contribution in [0.3, 0.4) is 0 Å². The number of amides is 1. The number of benzene rings is 1. The molecule has 0 radical (unpaired) electrons. The maximum atomic E-state index is 12.5. The molecule has 1 heterocycles. The molecule has 1 fully saturated rings. The van der Waals surface area contributed by atoms with E-state index in [1.807, 2.05) is 18.2 Å². The zero-order chi connectivity index (χ0) is 15.0. The number of rotatable bonds is 2. The largest absolute Gasteiger partial charge is 0.397 e. The molecule has 5 heteroatoms. The minimum absolute atomic E-state index is 0.0281. The van der Waals surface area contributed by atoms with E-state index in [-0.39, 0.29) is 11.9 Å². The van der Waals surface area contributed by atoms with Crippen LogP contribution >= 0.6 is 27.3 Å². The average Bonchev–Trinajstić information content (AvgIpc) is 2.77. The van der Waals surface area contributed by atoms with Gasteiger partial charge in [-0.15, -0.1) is 11.3 Å². The number of carbonyl (C=O) groups is 1. The monoisotopic (exact) mass is 366 g/mol. The van der Waals surface area contributed by atoms with Crippen LogP contribution in [0.15, 0.2) is 22.7 Å². The van der Waals surface area contributed by atoms with Gasteiger partial charge in [0.15, 0.2) is 0 Å². The topological polar surface area (TPSA) is 55.1 Å². The van der Waals surface area contributed by atoms with Crippen molar-refractivity contribution >= 4 is 48.9 Å². The Hall–Kier alpha value is -1.07. The van der Waals surface area contributed by atoms with Gasteiger partial charge >= 0.3 is 0 Å². The van der Waals surface area contributed by atoms with E-state index >= 15 is 0 Å². The van der Waals surface area contributed by atoms with Crippen LogP contribution in [0.1, 0.15) is 42.3 Å². The maximum absolute atomic E-state index is 12.5. The van der Waals surface area contributed by atoms with Crippen LogP contribution in [-0.2, 0) is 0 Å². The van der Waals surface area contributed by atoms with Crippen LogP contribution in [-0.4, -0.2) is 11.9 Å². The number of fused-ring (bicyclic) bond motifs is 1. The summed E-state index contributed by atoms with van der Waals surface area (Å²) in [4.78, 5) is 13.2. The number of nitrogen functional groups attached to an aromatic ring is 1. The third-order valence-corrected chi connectivity index (χ3v) is 6.01. The number of nitrogens with one attached hydrogen (secondary N) is 1. The molecule has 1 saturated carbocycles. The van der Waals surface area contributed by atoms with Crippen LogP contribution in [0.5, 0.6) is 0 Å². The molecule has 1 amide bonds. The molecular formula is C16H19BrN2OS. The second kappa shape index (κ2) is 5.97. The van der Waals surface area contributed by atoms with Crippen molar-refractivity contribution in [3.8, 4) is 0 Å². The molecule has 0 saturated heterocycles. The number of carbonyl (C=O) groups excluding carboxylic acids is 1. The summed E-state index contributed by atoms with van der Waals surface area (Å²) in [6.07, 6.45) is 4.61. The molecule has 3 nitrogen and oxygen atoms in total. The van der Waals surface area contributed by atoms with E-state index in [1.165, 1.54) is 24.2 Å². The highest BCUT2D eigenvalue weighted by Gasteiger charge is 2.23. The van der Waals surface area contributed by atoms with Crippen molar-refractivity contribution in [3.05, 3.63) is 27.5 Å². The zero-order valence-corrected chi connectivity index (χ0v) is 14.4. The number of hydrogen-bond acceptors (Lipinski definition) is 3. The summed E-state index contributed by atoms with van der Waals surface area (Å²) in [6.45, 7) is 2.25. The first-order valence-electron chi connectivity index (χ1n) is 7.33. The molecule has 0 spiro atoms. The van der Waals surface area contributed by atoms with Gasteiger partial charge in [0.1, 0.15) is 4.88 Å². The smallest absolute Gasteiger partial charge is 0.263 e. The molecule has 0 bridgehead atoms. The minimum Gasteiger partial charge on any atom is -0.397 e. The van der Waals surface area contributed by atoms with Crippen LogP contribution in [0.2, 0.25) is 0 Å². The standard InChI is InChI=1S/C16H19BrN2OS/c1-9-4-2-5-10(8-9)19-16(20)15-14(18)13-11(17)6-3-7-12(13)21-15/h3,6-7,9-10H,2,4-5,8,18H2,1H3,(H,19,20). The molecule has 112 valence electrons. The van der Waals surface area contributed by atoms with E-state index < -0.39 is 0 Å². The van der Waals surface area contributed by atoms with E-state index in [4.69, 9.17) is 5.73 Å². The van der Waals surface area contributed by atoms with Gasteiger partial charge in [0.05, 0.1) is 5.69 Å². The predicted octanol–water partition coefficient (Wildman–Crippen LogP) is 4.55. The molecule has 0 aliphatic heterocycles. The van der Waals surface area contributed by atoms with Gasteiger partial charge in [-0.05, 0) is 30.9 Å². The third-order valence-electron chi connectivity index (χ3n) is 4.18. The summed E-state index contributed by atoms with van der Waals surface area (Å²) in [5.74, 6) is 0.664. The molecule has 3 rings (SSSR count). The summed E-state index contributed by atoms with van der Waals surface area (Å²) in [5, 5.41) is 4.11. The highest BCUT2D eigenvalue weighted by molar-refractivity contribution is 9.10. The van der Waals surface area contributed by atoms with Gasteiger partial charge < -0.3 is 11.1 Å². The Balaban J connectivity index is 1.85. The lowest BCUT2D eigenvalue weighted by atomic mass is 9.87. The van der Waals surface area contributed by atoms with Crippen LogP contribution in [0.4, 0.5) is 5.69 Å². The highest BCUT2D eigenvalue weighted by atomic mass is 79.9. The van der Waals surface area contributed by atoms with Crippen molar-refractivity contribution in [2.45, 2.75) is 38.6 Å². The lowest BCUT2D eigenvalue weighted by molar-refractivity contribution is 0.0926. The normalized spacial score (nSPS) is 22.4. The zero-order valence-electron chi connectivity index (χ0n) is 12.0. The first kappa shape index (κ1) is 14.9. The second-order valence-electron chi connectivity index (χ2n) is 5.90. The predicted molar refractivity (Wildman–Crippen MR) is 92.8 cm³/mol. The van der Waals surface area contributed by atoms with E-state index in [2.05, 4.69) is 28.2 Å². The van der Waals surface area contributed by atoms with Crippen molar-refractivity contribution in [2.24, 2.45) is 5.92 Å². The Morgan fingerprint density at radius 1 is 1.43 bits per heavy atom. The molecule has 2 unspecified atom stereocenters. The van der Waals surface area contributed by atoms with Gasteiger partial charge in [-0.3, -0.25) is 4.79 Å². The number of anilines is 1. The molecule has 1 aliphatic rings. The number of nitrogens with two attached hydrogens (primary N) is 1. The first-order valence-corrected chi connectivity index (χ1v) is 8.94. The Bertz CT molecular complexity index is 682. The lowest BCUT2D eigenvalue weighted by Gasteiger charge is -2.27. The second-order valence-corrected chi connectivity index (χ2v) is 7.81. The van der Waals surface area contributed by atoms with Gasteiger partial charge in [0, 0.05) is 20.6 Å². The summed E-state index contributed by atoms with van der Waals surface area (Å²) in [7, 11) is 0. The molecule has 1 aromatic carbocycles. The van der Waals surface area contributed by atoms with Gasteiger partial charge in [0.25, 0.3) is 5.91 Å². The third kappa shape index (κ3) is 2.94. The summed E-state index contributed by atoms with van der Waals surface area (Å²) in [6, 6.07) is 6.21. The van der Waals surface area contributed by atoms with Crippen molar-refractivity contribution in [1.82, 2.24) is 5.32 Å². The Labute approximate surface area is 137 Å². The Morgan fingerprint density at radius 2 is 2.24 bits per heavy atom. The van der Waals surface area contributed by atoms with Gasteiger partial charge in [-0.1, -0.05) is 41.8 Å². The molecule has 2 aromatic rings. The maximum Gasteiger partial charge on any atom is 0.263 e. The van der Waals surface area contributed by atoms with Gasteiger partial charge in [-0.25, -0.2) is 0 Å². The van der Waals surface area contributed by atoms with Crippen molar-refractivity contribution in [1.29, 1.82) is 0 Å². The molecule has 1 aromatic heterocycles. The van der Waals surface area contributed by atoms with E-state index in [1.54, 1.807) is 0 Å². The highest BCUT2D eigenvalue weighted by Crippen LogP contribution is 2.38.